The third kappa shape index (κ3) is 6.87. The van der Waals surface area contributed by atoms with Gasteiger partial charge in [-0.2, -0.15) is 0 Å². The maximum atomic E-state index is 13.5. The van der Waals surface area contributed by atoms with Crippen molar-refractivity contribution >= 4 is 29.1 Å². The highest BCUT2D eigenvalue weighted by Crippen LogP contribution is 2.33. The number of carboxylic acids is 1. The van der Waals surface area contributed by atoms with Crippen molar-refractivity contribution in [2.75, 3.05) is 17.7 Å². The Morgan fingerprint density at radius 2 is 1.52 bits per heavy atom. The van der Waals surface area contributed by atoms with E-state index in [2.05, 4.69) is 15.8 Å². The molecule has 0 aliphatic carbocycles. The second-order valence-corrected chi connectivity index (χ2v) is 8.70. The lowest BCUT2D eigenvalue weighted by atomic mass is 10.0. The Morgan fingerprint density at radius 1 is 0.875 bits per heavy atom. The van der Waals surface area contributed by atoms with Gasteiger partial charge in [0.1, 0.15) is 12.6 Å². The van der Waals surface area contributed by atoms with Crippen molar-refractivity contribution in [1.82, 2.24) is 0 Å². The zero-order chi connectivity index (χ0) is 28.5. The maximum Gasteiger partial charge on any atom is 0.335 e. The number of rotatable bonds is 11. The van der Waals surface area contributed by atoms with E-state index in [-0.39, 0.29) is 11.4 Å². The number of nitrogens with one attached hydrogen (secondary N) is 2. The minimum absolute atomic E-state index is 0.0403. The average molecular weight is 541 g/mol. The number of nitrogens with zero attached hydrogens (tertiary/aromatic N) is 1. The fraction of sp³-hybridized carbons (Fsp3) is 0.100. The van der Waals surface area contributed by atoms with Gasteiger partial charge >= 0.3 is 5.97 Å². The number of methoxy groups -OCH3 is 1. The predicted molar refractivity (Wildman–Crippen MR) is 151 cm³/mol. The van der Waals surface area contributed by atoms with Gasteiger partial charge in [0.15, 0.2) is 17.3 Å². The number of oxime groups is 1. The van der Waals surface area contributed by atoms with Gasteiger partial charge in [0, 0.05) is 16.9 Å². The topological polar surface area (TPSA) is 155 Å². The van der Waals surface area contributed by atoms with Gasteiger partial charge in [-0.1, -0.05) is 41.6 Å². The summed E-state index contributed by atoms with van der Waals surface area (Å²) in [7, 11) is 1.52. The Balaban J connectivity index is 1.61. The van der Waals surface area contributed by atoms with Crippen LogP contribution in [0.25, 0.3) is 0 Å². The second-order valence-electron chi connectivity index (χ2n) is 8.70. The third-order valence-electron chi connectivity index (χ3n) is 6.02. The number of benzene rings is 4. The number of anilines is 2. The van der Waals surface area contributed by atoms with Gasteiger partial charge in [-0.15, -0.1) is 0 Å². The summed E-state index contributed by atoms with van der Waals surface area (Å²) in [4.78, 5) is 24.7. The molecule has 4 rings (SSSR count). The van der Waals surface area contributed by atoms with Crippen molar-refractivity contribution in [3.63, 3.8) is 0 Å². The molecule has 4 aromatic carbocycles. The van der Waals surface area contributed by atoms with E-state index in [1.807, 2.05) is 30.3 Å². The van der Waals surface area contributed by atoms with Gasteiger partial charge in [-0.25, -0.2) is 4.79 Å². The van der Waals surface area contributed by atoms with Gasteiger partial charge < -0.3 is 36.2 Å². The molecule has 1 unspecified atom stereocenters. The van der Waals surface area contributed by atoms with Crippen LogP contribution in [-0.4, -0.2) is 35.1 Å². The molecule has 0 saturated carbocycles. The number of amides is 1. The quantitative estimate of drug-likeness (QED) is 0.0782. The molecule has 204 valence electrons. The molecule has 0 aliphatic heterocycles. The molecule has 0 radical (unpaired) electrons. The summed E-state index contributed by atoms with van der Waals surface area (Å²) in [6, 6.07) is 26.6. The third-order valence-corrected chi connectivity index (χ3v) is 6.02. The molecule has 1 atom stereocenters. The van der Waals surface area contributed by atoms with Crippen LogP contribution in [0.15, 0.2) is 102 Å². The first-order chi connectivity index (χ1) is 19.4. The van der Waals surface area contributed by atoms with Gasteiger partial charge in [-0.05, 0) is 71.8 Å². The first kappa shape index (κ1) is 27.5. The van der Waals surface area contributed by atoms with Gasteiger partial charge in [0.25, 0.3) is 5.91 Å². The molecule has 0 aliphatic rings. The SMILES string of the molecule is COc1cc(C(Nc2ccc(/C(N)=N\O)cc2)C(=O)Nc2ccc(C(=O)O)cc2)ccc1OCc1ccccc1. The number of aromatic carboxylic acids is 1. The fourth-order valence-electron chi connectivity index (χ4n) is 3.89. The Labute approximate surface area is 230 Å². The molecule has 6 N–H and O–H groups in total. The molecule has 4 aromatic rings. The van der Waals surface area contributed by atoms with Crippen molar-refractivity contribution in [1.29, 1.82) is 0 Å². The number of ether oxygens (including phenoxy) is 2. The van der Waals surface area contributed by atoms with Crippen LogP contribution in [0.3, 0.4) is 0 Å². The van der Waals surface area contributed by atoms with Gasteiger partial charge in [0.2, 0.25) is 0 Å². The van der Waals surface area contributed by atoms with E-state index < -0.39 is 17.9 Å². The standard InChI is InChI=1S/C30H28N4O6/c1-39-26-17-22(11-16-25(26)40-18-19-5-3-2-4-6-19)27(32-23-12-7-20(8-13-23)28(31)34-38)29(35)33-24-14-9-21(10-15-24)30(36)37/h2-17,27,32,38H,18H2,1H3,(H2,31,34)(H,33,35)(H,36,37). The number of carboxylic acid groups (broad SMARTS) is 1. The zero-order valence-electron chi connectivity index (χ0n) is 21.6. The van der Waals surface area contributed by atoms with Crippen molar-refractivity contribution in [3.05, 3.63) is 119 Å². The number of amidine groups is 1. The number of carbonyl (C=O) groups is 2. The monoisotopic (exact) mass is 540 g/mol. The average Bonchev–Trinajstić information content (AvgIpc) is 2.99. The Morgan fingerprint density at radius 3 is 2.15 bits per heavy atom. The lowest BCUT2D eigenvalue weighted by Crippen LogP contribution is -2.27. The molecule has 0 aromatic heterocycles. The van der Waals surface area contributed by atoms with Crippen LogP contribution in [-0.2, 0) is 11.4 Å². The van der Waals surface area contributed by atoms with E-state index in [1.165, 1.54) is 31.4 Å². The minimum atomic E-state index is -1.06. The van der Waals surface area contributed by atoms with Crippen LogP contribution in [0.1, 0.15) is 33.1 Å². The molecule has 1 amide bonds. The Kier molecular flexibility index (Phi) is 8.83. The molecule has 0 spiro atoms. The largest absolute Gasteiger partial charge is 0.493 e. The van der Waals surface area contributed by atoms with E-state index in [1.54, 1.807) is 42.5 Å². The molecule has 0 saturated heterocycles. The Bertz CT molecular complexity index is 1490. The van der Waals surface area contributed by atoms with Crippen LogP contribution >= 0.6 is 0 Å². The van der Waals surface area contributed by atoms with E-state index in [9.17, 15) is 9.59 Å². The number of nitrogens with two attached hydrogens (primary N) is 1. The lowest BCUT2D eigenvalue weighted by molar-refractivity contribution is -0.117. The Hall–Kier alpha value is -5.51. The normalized spacial score (nSPS) is 11.8. The maximum absolute atomic E-state index is 13.5. The van der Waals surface area contributed by atoms with Crippen LogP contribution in [0.2, 0.25) is 0 Å². The lowest BCUT2D eigenvalue weighted by Gasteiger charge is -2.22. The molecular weight excluding hydrogens is 512 g/mol. The first-order valence-corrected chi connectivity index (χ1v) is 12.2. The fourth-order valence-corrected chi connectivity index (χ4v) is 3.89. The molecule has 10 nitrogen and oxygen atoms in total. The number of hydrogen-bond donors (Lipinski definition) is 5. The molecular formula is C30H28N4O6. The molecule has 0 heterocycles. The van der Waals surface area contributed by atoms with Crippen molar-refractivity contribution in [3.8, 4) is 11.5 Å². The molecule has 0 fully saturated rings. The summed E-state index contributed by atoms with van der Waals surface area (Å²) in [5.41, 5.74) is 8.89. The van der Waals surface area contributed by atoms with Crippen LogP contribution in [0, 0.1) is 0 Å². The predicted octanol–water partition coefficient (Wildman–Crippen LogP) is 4.86. The van der Waals surface area contributed by atoms with E-state index in [0.29, 0.717) is 40.6 Å². The zero-order valence-corrected chi connectivity index (χ0v) is 21.6. The van der Waals surface area contributed by atoms with Crippen molar-refractivity contribution < 1.29 is 29.4 Å². The van der Waals surface area contributed by atoms with Gasteiger partial charge in [-0.3, -0.25) is 4.79 Å². The summed E-state index contributed by atoms with van der Waals surface area (Å²) in [5, 5.41) is 27.1. The summed E-state index contributed by atoms with van der Waals surface area (Å²) >= 11 is 0. The molecule has 10 heteroatoms. The minimum Gasteiger partial charge on any atom is -0.493 e. The second kappa shape index (κ2) is 12.8. The van der Waals surface area contributed by atoms with E-state index in [4.69, 9.17) is 25.5 Å². The van der Waals surface area contributed by atoms with Crippen LogP contribution in [0.5, 0.6) is 11.5 Å². The van der Waals surface area contributed by atoms with Crippen LogP contribution in [0.4, 0.5) is 11.4 Å². The smallest absolute Gasteiger partial charge is 0.335 e. The number of carbonyl (C=O) groups excluding carboxylic acids is 1. The van der Waals surface area contributed by atoms with E-state index in [0.717, 1.165) is 5.56 Å². The summed E-state index contributed by atoms with van der Waals surface area (Å²) in [6.45, 7) is 0.345. The summed E-state index contributed by atoms with van der Waals surface area (Å²) in [5.74, 6) is -0.540. The summed E-state index contributed by atoms with van der Waals surface area (Å²) < 4.78 is 11.5. The van der Waals surface area contributed by atoms with Crippen molar-refractivity contribution in [2.45, 2.75) is 12.6 Å². The molecule has 0 bridgehead atoms. The van der Waals surface area contributed by atoms with Gasteiger partial charge in [0.05, 0.1) is 12.7 Å². The highest BCUT2D eigenvalue weighted by molar-refractivity contribution is 5.99. The first-order valence-electron chi connectivity index (χ1n) is 12.2. The highest BCUT2D eigenvalue weighted by Gasteiger charge is 2.23. The highest BCUT2D eigenvalue weighted by atomic mass is 16.5. The number of hydrogen-bond acceptors (Lipinski definition) is 7. The van der Waals surface area contributed by atoms with Crippen LogP contribution < -0.4 is 25.8 Å². The molecule has 40 heavy (non-hydrogen) atoms. The van der Waals surface area contributed by atoms with E-state index >= 15 is 0 Å². The van der Waals surface area contributed by atoms with Crippen molar-refractivity contribution in [2.24, 2.45) is 10.9 Å². The summed E-state index contributed by atoms with van der Waals surface area (Å²) in [6.07, 6.45) is 0.